The number of hydrogen-bond donors (Lipinski definition) is 1. The molecule has 0 saturated heterocycles. The fourth-order valence-corrected chi connectivity index (χ4v) is 4.35. The molecule has 0 bridgehead atoms. The average molecular weight is 437 g/mol. The molecule has 0 aromatic heterocycles. The molecule has 0 radical (unpaired) electrons. The van der Waals surface area contributed by atoms with E-state index in [4.69, 9.17) is 23.2 Å². The van der Waals surface area contributed by atoms with Gasteiger partial charge in [-0.25, -0.2) is 8.42 Å². The summed E-state index contributed by atoms with van der Waals surface area (Å²) in [6.45, 7) is -0.126. The minimum absolute atomic E-state index is 0.141. The van der Waals surface area contributed by atoms with E-state index < -0.39 is 15.9 Å². The third kappa shape index (κ3) is 4.64. The van der Waals surface area contributed by atoms with Crippen molar-refractivity contribution in [2.45, 2.75) is 11.4 Å². The second kappa shape index (κ2) is 8.49. The predicted octanol–water partition coefficient (Wildman–Crippen LogP) is 4.08. The Hall–Kier alpha value is -2.12. The van der Waals surface area contributed by atoms with Gasteiger partial charge in [-0.05, 0) is 40.6 Å². The van der Waals surface area contributed by atoms with Gasteiger partial charge in [-0.15, -0.1) is 0 Å². The standard InChI is InChI=1S/C20H18Cl2N2O3S/c1-24(13-20(25)23-12-16-6-8-17(21)11-19(16)22)28(26,27)18-9-7-14-4-2-3-5-15(14)10-18/h2-11H,12-13H2,1H3,(H,23,25). The van der Waals surface area contributed by atoms with Gasteiger partial charge in [0, 0.05) is 23.6 Å². The van der Waals surface area contributed by atoms with Gasteiger partial charge in [0.2, 0.25) is 15.9 Å². The van der Waals surface area contributed by atoms with Crippen LogP contribution in [0.15, 0.2) is 65.6 Å². The number of nitrogens with zero attached hydrogens (tertiary/aromatic N) is 1. The van der Waals surface area contributed by atoms with Crippen LogP contribution in [-0.2, 0) is 21.4 Å². The molecule has 8 heteroatoms. The van der Waals surface area contributed by atoms with Gasteiger partial charge in [0.1, 0.15) is 0 Å². The minimum atomic E-state index is -3.79. The number of hydrogen-bond acceptors (Lipinski definition) is 3. The molecule has 0 aliphatic carbocycles. The molecule has 146 valence electrons. The maximum absolute atomic E-state index is 12.8. The molecule has 0 aliphatic heterocycles. The number of fused-ring (bicyclic) bond motifs is 1. The Bertz CT molecular complexity index is 1130. The predicted molar refractivity (Wildman–Crippen MR) is 112 cm³/mol. The topological polar surface area (TPSA) is 66.5 Å². The van der Waals surface area contributed by atoms with Gasteiger partial charge >= 0.3 is 0 Å². The normalized spacial score (nSPS) is 11.7. The molecule has 28 heavy (non-hydrogen) atoms. The maximum Gasteiger partial charge on any atom is 0.243 e. The fraction of sp³-hybridized carbons (Fsp3) is 0.150. The van der Waals surface area contributed by atoms with Gasteiger partial charge in [-0.1, -0.05) is 59.6 Å². The van der Waals surface area contributed by atoms with Crippen LogP contribution in [0.25, 0.3) is 10.8 Å². The Morgan fingerprint density at radius 1 is 1.00 bits per heavy atom. The lowest BCUT2D eigenvalue weighted by atomic mass is 10.1. The van der Waals surface area contributed by atoms with Crippen molar-refractivity contribution in [3.8, 4) is 0 Å². The van der Waals surface area contributed by atoms with Crippen LogP contribution in [-0.4, -0.2) is 32.2 Å². The van der Waals surface area contributed by atoms with Crippen LogP contribution in [0.5, 0.6) is 0 Å². The van der Waals surface area contributed by atoms with Crippen LogP contribution in [0.4, 0.5) is 0 Å². The molecule has 1 amide bonds. The van der Waals surface area contributed by atoms with Crippen molar-refractivity contribution < 1.29 is 13.2 Å². The van der Waals surface area contributed by atoms with Crippen molar-refractivity contribution in [1.82, 2.24) is 9.62 Å². The van der Waals surface area contributed by atoms with E-state index in [-0.39, 0.29) is 18.0 Å². The molecule has 3 rings (SSSR count). The maximum atomic E-state index is 12.8. The third-order valence-corrected chi connectivity index (χ3v) is 6.67. The number of carbonyl (C=O) groups is 1. The molecule has 5 nitrogen and oxygen atoms in total. The van der Waals surface area contributed by atoms with Gasteiger partial charge in [0.25, 0.3) is 0 Å². The number of halogens is 2. The molecule has 0 spiro atoms. The van der Waals surface area contributed by atoms with E-state index in [9.17, 15) is 13.2 Å². The van der Waals surface area contributed by atoms with Crippen molar-refractivity contribution in [3.05, 3.63) is 76.3 Å². The van der Waals surface area contributed by atoms with Gasteiger partial charge in [-0.2, -0.15) is 4.31 Å². The smallest absolute Gasteiger partial charge is 0.243 e. The van der Waals surface area contributed by atoms with Gasteiger partial charge in [0.15, 0.2) is 0 Å². The van der Waals surface area contributed by atoms with Crippen LogP contribution < -0.4 is 5.32 Å². The number of rotatable bonds is 6. The summed E-state index contributed by atoms with van der Waals surface area (Å²) in [6, 6.07) is 17.3. The lowest BCUT2D eigenvalue weighted by molar-refractivity contribution is -0.121. The minimum Gasteiger partial charge on any atom is -0.351 e. The van der Waals surface area contributed by atoms with E-state index in [0.717, 1.165) is 15.1 Å². The third-order valence-electron chi connectivity index (χ3n) is 4.29. The second-order valence-corrected chi connectivity index (χ2v) is 9.17. The first-order valence-corrected chi connectivity index (χ1v) is 10.6. The highest BCUT2D eigenvalue weighted by Gasteiger charge is 2.23. The molecular formula is C20H18Cl2N2O3S. The van der Waals surface area contributed by atoms with E-state index in [1.807, 2.05) is 24.3 Å². The lowest BCUT2D eigenvalue weighted by Gasteiger charge is -2.17. The average Bonchev–Trinajstić information content (AvgIpc) is 2.66. The first kappa shape index (κ1) is 20.6. The number of benzene rings is 3. The number of sulfonamides is 1. The molecule has 0 unspecified atom stereocenters. The van der Waals surface area contributed by atoms with Gasteiger partial charge in [-0.3, -0.25) is 4.79 Å². The number of carbonyl (C=O) groups excluding carboxylic acids is 1. The molecular weight excluding hydrogens is 419 g/mol. The highest BCUT2D eigenvalue weighted by atomic mass is 35.5. The Morgan fingerprint density at radius 2 is 1.71 bits per heavy atom. The van der Waals surface area contributed by atoms with Crippen LogP contribution in [0.2, 0.25) is 10.0 Å². The summed E-state index contributed by atoms with van der Waals surface area (Å²) in [7, 11) is -2.42. The molecule has 0 heterocycles. The number of amides is 1. The zero-order valence-corrected chi connectivity index (χ0v) is 17.4. The number of likely N-dealkylation sites (N-methyl/N-ethyl adjacent to an activating group) is 1. The van der Waals surface area contributed by atoms with Crippen molar-refractivity contribution in [2.75, 3.05) is 13.6 Å². The highest BCUT2D eigenvalue weighted by molar-refractivity contribution is 7.89. The van der Waals surface area contributed by atoms with Gasteiger partial charge in [0.05, 0.1) is 11.4 Å². The van der Waals surface area contributed by atoms with E-state index in [1.165, 1.54) is 7.05 Å². The van der Waals surface area contributed by atoms with Crippen LogP contribution in [0.1, 0.15) is 5.56 Å². The Kier molecular flexibility index (Phi) is 6.25. The molecule has 1 N–H and O–H groups in total. The summed E-state index contributed by atoms with van der Waals surface area (Å²) in [4.78, 5) is 12.3. The van der Waals surface area contributed by atoms with Crippen molar-refractivity contribution in [2.24, 2.45) is 0 Å². The van der Waals surface area contributed by atoms with E-state index >= 15 is 0 Å². The Morgan fingerprint density at radius 3 is 2.43 bits per heavy atom. The van der Waals surface area contributed by atoms with E-state index in [1.54, 1.807) is 36.4 Å². The Labute approximate surface area is 173 Å². The summed E-state index contributed by atoms with van der Waals surface area (Å²) in [5.41, 5.74) is 0.694. The van der Waals surface area contributed by atoms with Crippen LogP contribution >= 0.6 is 23.2 Å². The van der Waals surface area contributed by atoms with Crippen LogP contribution in [0, 0.1) is 0 Å². The van der Waals surface area contributed by atoms with E-state index in [0.29, 0.717) is 15.6 Å². The molecule has 3 aromatic carbocycles. The largest absolute Gasteiger partial charge is 0.351 e. The summed E-state index contributed by atoms with van der Waals surface area (Å²) in [5, 5.41) is 5.37. The number of nitrogens with one attached hydrogen (secondary N) is 1. The highest BCUT2D eigenvalue weighted by Crippen LogP contribution is 2.22. The Balaban J connectivity index is 1.67. The summed E-state index contributed by atoms with van der Waals surface area (Å²) in [5.74, 6) is -0.433. The van der Waals surface area contributed by atoms with Gasteiger partial charge < -0.3 is 5.32 Å². The second-order valence-electron chi connectivity index (χ2n) is 6.28. The SMILES string of the molecule is CN(CC(=O)NCc1ccc(Cl)cc1Cl)S(=O)(=O)c1ccc2ccccc2c1. The first-order valence-electron chi connectivity index (χ1n) is 8.43. The summed E-state index contributed by atoms with van der Waals surface area (Å²) < 4.78 is 26.6. The molecule has 0 saturated carbocycles. The first-order chi connectivity index (χ1) is 13.3. The van der Waals surface area contributed by atoms with Crippen molar-refractivity contribution in [3.63, 3.8) is 0 Å². The fourth-order valence-electron chi connectivity index (χ4n) is 2.71. The molecule has 0 atom stereocenters. The van der Waals surface area contributed by atoms with Crippen LogP contribution in [0.3, 0.4) is 0 Å². The zero-order chi connectivity index (χ0) is 20.3. The zero-order valence-electron chi connectivity index (χ0n) is 15.0. The van der Waals surface area contributed by atoms with E-state index in [2.05, 4.69) is 5.32 Å². The molecule has 0 fully saturated rings. The lowest BCUT2D eigenvalue weighted by Crippen LogP contribution is -2.38. The summed E-state index contributed by atoms with van der Waals surface area (Å²) in [6.07, 6.45) is 0. The molecule has 0 aliphatic rings. The quantitative estimate of drug-likeness (QED) is 0.632. The van der Waals surface area contributed by atoms with Crippen molar-refractivity contribution in [1.29, 1.82) is 0 Å². The monoisotopic (exact) mass is 436 g/mol. The van der Waals surface area contributed by atoms with Crippen molar-refractivity contribution >= 4 is 49.9 Å². The summed E-state index contributed by atoms with van der Waals surface area (Å²) >= 11 is 11.9. The molecule has 3 aromatic rings.